The maximum Gasteiger partial charge on any atom is 0.314 e. The van der Waals surface area contributed by atoms with Gasteiger partial charge in [0.2, 0.25) is 0 Å². The largest absolute Gasteiger partial charge is 0.494 e. The van der Waals surface area contributed by atoms with E-state index in [2.05, 4.69) is 22.8 Å². The third kappa shape index (κ3) is 6.87. The first-order chi connectivity index (χ1) is 11.2. The number of hydrogen-bond acceptors (Lipinski definition) is 2. The summed E-state index contributed by atoms with van der Waals surface area (Å²) in [5, 5.41) is 5.69. The summed E-state index contributed by atoms with van der Waals surface area (Å²) in [6, 6.07) is 17.9. The predicted molar refractivity (Wildman–Crippen MR) is 92.8 cm³/mol. The van der Waals surface area contributed by atoms with Gasteiger partial charge >= 0.3 is 6.03 Å². The molecule has 0 unspecified atom stereocenters. The van der Waals surface area contributed by atoms with Crippen LogP contribution in [0.25, 0.3) is 0 Å². The maximum absolute atomic E-state index is 11.6. The van der Waals surface area contributed by atoms with Gasteiger partial charge < -0.3 is 15.4 Å². The topological polar surface area (TPSA) is 50.4 Å². The molecule has 4 heteroatoms. The summed E-state index contributed by atoms with van der Waals surface area (Å²) < 4.78 is 5.61. The molecule has 0 atom stereocenters. The van der Waals surface area contributed by atoms with Crippen LogP contribution >= 0.6 is 0 Å². The third-order valence-electron chi connectivity index (χ3n) is 3.44. The van der Waals surface area contributed by atoms with E-state index in [0.29, 0.717) is 19.7 Å². The Hall–Kier alpha value is -2.49. The van der Waals surface area contributed by atoms with Crippen molar-refractivity contribution in [2.45, 2.75) is 19.8 Å². The number of benzene rings is 2. The fraction of sp³-hybridized carbons (Fsp3) is 0.316. The van der Waals surface area contributed by atoms with Crippen LogP contribution < -0.4 is 15.4 Å². The number of urea groups is 1. The SMILES string of the molecule is Cc1ccc(OCCCNC(=O)NCCc2ccccc2)cc1. The van der Waals surface area contributed by atoms with E-state index in [1.807, 2.05) is 49.4 Å². The van der Waals surface area contributed by atoms with E-state index < -0.39 is 0 Å². The van der Waals surface area contributed by atoms with Gasteiger partial charge in [-0.15, -0.1) is 0 Å². The second kappa shape index (κ2) is 9.51. The minimum Gasteiger partial charge on any atom is -0.494 e. The van der Waals surface area contributed by atoms with Gasteiger partial charge in [-0.2, -0.15) is 0 Å². The Balaban J connectivity index is 1.50. The zero-order chi connectivity index (χ0) is 16.3. The van der Waals surface area contributed by atoms with Crippen molar-refractivity contribution in [3.05, 3.63) is 65.7 Å². The van der Waals surface area contributed by atoms with Crippen molar-refractivity contribution in [1.29, 1.82) is 0 Å². The summed E-state index contributed by atoms with van der Waals surface area (Å²) in [4.78, 5) is 11.6. The molecule has 2 amide bonds. The Morgan fingerprint density at radius 2 is 1.65 bits per heavy atom. The summed E-state index contributed by atoms with van der Waals surface area (Å²) in [6.07, 6.45) is 1.62. The minimum atomic E-state index is -0.128. The molecule has 4 nitrogen and oxygen atoms in total. The van der Waals surface area contributed by atoms with Gasteiger partial charge in [-0.05, 0) is 37.5 Å². The summed E-state index contributed by atoms with van der Waals surface area (Å²) in [5.41, 5.74) is 2.44. The number of carbonyl (C=O) groups is 1. The van der Waals surface area contributed by atoms with Crippen LogP contribution in [0.2, 0.25) is 0 Å². The lowest BCUT2D eigenvalue weighted by molar-refractivity contribution is 0.239. The smallest absolute Gasteiger partial charge is 0.314 e. The molecule has 2 N–H and O–H groups in total. The Kier molecular flexibility index (Phi) is 6.98. The highest BCUT2D eigenvalue weighted by Gasteiger charge is 1.99. The molecule has 0 aliphatic heterocycles. The quantitative estimate of drug-likeness (QED) is 0.735. The normalized spacial score (nSPS) is 10.1. The van der Waals surface area contributed by atoms with Gasteiger partial charge in [0.05, 0.1) is 6.61 Å². The summed E-state index contributed by atoms with van der Waals surface area (Å²) >= 11 is 0. The zero-order valence-electron chi connectivity index (χ0n) is 13.5. The Labute approximate surface area is 137 Å². The first-order valence-electron chi connectivity index (χ1n) is 7.99. The number of ether oxygens (including phenoxy) is 1. The second-order valence-electron chi connectivity index (χ2n) is 5.43. The van der Waals surface area contributed by atoms with Gasteiger partial charge in [0.1, 0.15) is 5.75 Å². The molecule has 0 saturated carbocycles. The van der Waals surface area contributed by atoms with Crippen LogP contribution in [-0.2, 0) is 6.42 Å². The van der Waals surface area contributed by atoms with Gasteiger partial charge in [0, 0.05) is 13.1 Å². The molecule has 2 rings (SSSR count). The van der Waals surface area contributed by atoms with Crippen LogP contribution in [0.4, 0.5) is 4.79 Å². The molecule has 23 heavy (non-hydrogen) atoms. The van der Waals surface area contributed by atoms with Crippen LogP contribution in [0, 0.1) is 6.92 Å². The van der Waals surface area contributed by atoms with Crippen molar-refractivity contribution in [3.63, 3.8) is 0 Å². The molecule has 0 radical (unpaired) electrons. The standard InChI is InChI=1S/C19H24N2O2/c1-16-8-10-18(11-9-16)23-15-5-13-20-19(22)21-14-12-17-6-3-2-4-7-17/h2-4,6-11H,5,12-15H2,1H3,(H2,20,21,22). The average molecular weight is 312 g/mol. The molecule has 0 fully saturated rings. The van der Waals surface area contributed by atoms with Crippen molar-refractivity contribution in [3.8, 4) is 5.75 Å². The second-order valence-corrected chi connectivity index (χ2v) is 5.43. The summed E-state index contributed by atoms with van der Waals surface area (Å²) in [5.74, 6) is 0.864. The molecule has 122 valence electrons. The first-order valence-corrected chi connectivity index (χ1v) is 7.99. The highest BCUT2D eigenvalue weighted by atomic mass is 16.5. The molecule has 0 aromatic heterocycles. The molecule has 2 aromatic rings. The van der Waals surface area contributed by atoms with Gasteiger partial charge in [-0.25, -0.2) is 4.79 Å². The van der Waals surface area contributed by atoms with E-state index in [9.17, 15) is 4.79 Å². The summed E-state index contributed by atoms with van der Waals surface area (Å²) in [6.45, 7) is 3.87. The van der Waals surface area contributed by atoms with Gasteiger partial charge in [-0.1, -0.05) is 48.0 Å². The monoisotopic (exact) mass is 312 g/mol. The Morgan fingerprint density at radius 3 is 2.39 bits per heavy atom. The van der Waals surface area contributed by atoms with E-state index >= 15 is 0 Å². The molecular formula is C19H24N2O2. The predicted octanol–water partition coefficient (Wildman–Crippen LogP) is 3.31. The van der Waals surface area contributed by atoms with Crippen LogP contribution in [0.1, 0.15) is 17.5 Å². The number of rotatable bonds is 8. The minimum absolute atomic E-state index is 0.128. The first kappa shape index (κ1) is 16.9. The lowest BCUT2D eigenvalue weighted by atomic mass is 10.1. The molecular weight excluding hydrogens is 288 g/mol. The molecule has 0 aliphatic carbocycles. The van der Waals surface area contributed by atoms with Gasteiger partial charge in [0.25, 0.3) is 0 Å². The van der Waals surface area contributed by atoms with Crippen molar-refractivity contribution in [2.75, 3.05) is 19.7 Å². The fourth-order valence-electron chi connectivity index (χ4n) is 2.13. The highest BCUT2D eigenvalue weighted by Crippen LogP contribution is 2.11. The number of carbonyl (C=O) groups excluding carboxylic acids is 1. The molecule has 0 saturated heterocycles. The van der Waals surface area contributed by atoms with E-state index in [-0.39, 0.29) is 6.03 Å². The van der Waals surface area contributed by atoms with Crippen LogP contribution in [0.3, 0.4) is 0 Å². The summed E-state index contributed by atoms with van der Waals surface area (Å²) in [7, 11) is 0. The van der Waals surface area contributed by atoms with Crippen molar-refractivity contribution >= 4 is 6.03 Å². The molecule has 0 aliphatic rings. The van der Waals surface area contributed by atoms with Gasteiger partial charge in [-0.3, -0.25) is 0 Å². The van der Waals surface area contributed by atoms with Gasteiger partial charge in [0.15, 0.2) is 0 Å². The number of aryl methyl sites for hydroxylation is 1. The lowest BCUT2D eigenvalue weighted by Crippen LogP contribution is -2.37. The molecule has 0 bridgehead atoms. The number of nitrogens with one attached hydrogen (secondary N) is 2. The van der Waals surface area contributed by atoms with E-state index in [4.69, 9.17) is 4.74 Å². The fourth-order valence-corrected chi connectivity index (χ4v) is 2.13. The number of amides is 2. The van der Waals surface area contributed by atoms with E-state index in [1.165, 1.54) is 11.1 Å². The van der Waals surface area contributed by atoms with Crippen molar-refractivity contribution in [1.82, 2.24) is 10.6 Å². The zero-order valence-corrected chi connectivity index (χ0v) is 13.5. The highest BCUT2D eigenvalue weighted by molar-refractivity contribution is 5.73. The Morgan fingerprint density at radius 1 is 0.957 bits per heavy atom. The lowest BCUT2D eigenvalue weighted by Gasteiger charge is -2.09. The van der Waals surface area contributed by atoms with Crippen molar-refractivity contribution < 1.29 is 9.53 Å². The van der Waals surface area contributed by atoms with Crippen LogP contribution in [-0.4, -0.2) is 25.7 Å². The Bertz CT molecular complexity index is 582. The van der Waals surface area contributed by atoms with Crippen LogP contribution in [0.15, 0.2) is 54.6 Å². The average Bonchev–Trinajstić information content (AvgIpc) is 2.57. The third-order valence-corrected chi connectivity index (χ3v) is 3.44. The molecule has 2 aromatic carbocycles. The number of hydrogen-bond donors (Lipinski definition) is 2. The maximum atomic E-state index is 11.6. The van der Waals surface area contributed by atoms with E-state index in [1.54, 1.807) is 0 Å². The van der Waals surface area contributed by atoms with Crippen LogP contribution in [0.5, 0.6) is 5.75 Å². The molecule has 0 spiro atoms. The van der Waals surface area contributed by atoms with E-state index in [0.717, 1.165) is 18.6 Å². The molecule has 0 heterocycles. The van der Waals surface area contributed by atoms with Crippen molar-refractivity contribution in [2.24, 2.45) is 0 Å².